The molecule has 0 unspecified atom stereocenters. The smallest absolute Gasteiger partial charge is 0.156 e. The molecule has 7 heavy (non-hydrogen) atoms. The lowest BCUT2D eigenvalue weighted by Crippen LogP contribution is -2.07. The van der Waals surface area contributed by atoms with E-state index in [-0.39, 0.29) is 6.61 Å². The van der Waals surface area contributed by atoms with Crippen LogP contribution in [0.4, 0.5) is 0 Å². The van der Waals surface area contributed by atoms with Gasteiger partial charge < -0.3 is 9.99 Å². The van der Waals surface area contributed by atoms with Crippen LogP contribution < -0.4 is 5.48 Å². The normalized spacial score (nSPS) is 17.6. The molecular weight excluding hydrogens is 98.0 g/mol. The lowest BCUT2D eigenvalue weighted by molar-refractivity contribution is -0.266. The molecule has 0 aromatic rings. The van der Waals surface area contributed by atoms with E-state index in [2.05, 4.69) is 15.4 Å². The Morgan fingerprint density at radius 3 is 3.00 bits per heavy atom. The van der Waals surface area contributed by atoms with Gasteiger partial charge in [-0.25, -0.2) is 5.48 Å². The van der Waals surface area contributed by atoms with Gasteiger partial charge in [0, 0.05) is 0 Å². The van der Waals surface area contributed by atoms with Crippen LogP contribution in [0, 0.1) is 0 Å². The maximum absolute atomic E-state index is 8.28. The summed E-state index contributed by atoms with van der Waals surface area (Å²) in [6.45, 7) is -0.0833. The second-order valence-corrected chi connectivity index (χ2v) is 1.08. The molecule has 0 fully saturated rings. The van der Waals surface area contributed by atoms with Gasteiger partial charge in [0.2, 0.25) is 0 Å². The molecule has 4 nitrogen and oxygen atoms in total. The van der Waals surface area contributed by atoms with E-state index in [9.17, 15) is 0 Å². The highest BCUT2D eigenvalue weighted by Gasteiger charge is 2.00. The third-order valence-electron chi connectivity index (χ3n) is 0.582. The van der Waals surface area contributed by atoms with Crippen LogP contribution in [0.5, 0.6) is 0 Å². The highest BCUT2D eigenvalue weighted by Crippen LogP contribution is 1.95. The topological polar surface area (TPSA) is 50.7 Å². The Hall–Kier alpha value is -0.740. The largest absolute Gasteiger partial charge is 0.390 e. The molecule has 0 amide bonds. The van der Waals surface area contributed by atoms with Crippen molar-refractivity contribution in [1.29, 1.82) is 0 Å². The summed E-state index contributed by atoms with van der Waals surface area (Å²) in [6.07, 6.45) is 1.29. The van der Waals surface area contributed by atoms with Gasteiger partial charge in [0.1, 0.15) is 5.70 Å². The first-order valence-corrected chi connectivity index (χ1v) is 1.81. The van der Waals surface area contributed by atoms with Crippen molar-refractivity contribution in [3.8, 4) is 0 Å². The molecule has 0 aliphatic carbocycles. The van der Waals surface area contributed by atoms with E-state index in [0.717, 1.165) is 0 Å². The van der Waals surface area contributed by atoms with Crippen LogP contribution in [0.1, 0.15) is 0 Å². The first-order valence-electron chi connectivity index (χ1n) is 1.81. The van der Waals surface area contributed by atoms with Crippen molar-refractivity contribution in [1.82, 2.24) is 5.48 Å². The van der Waals surface area contributed by atoms with Crippen molar-refractivity contribution in [2.45, 2.75) is 0 Å². The standard InChI is InChI=1S/C3H5NO3/c5-1-3-2-6-7-4-3/h2,4-5H,1H2. The molecular formula is C3H5NO3. The van der Waals surface area contributed by atoms with Crippen LogP contribution in [0.25, 0.3) is 0 Å². The summed E-state index contributed by atoms with van der Waals surface area (Å²) < 4.78 is 0. The number of aliphatic hydroxyl groups excluding tert-OH is 1. The molecule has 2 N–H and O–H groups in total. The summed E-state index contributed by atoms with van der Waals surface area (Å²) in [5.74, 6) is 0. The molecule has 0 aromatic heterocycles. The number of hydrogen-bond acceptors (Lipinski definition) is 4. The van der Waals surface area contributed by atoms with Gasteiger partial charge in [-0.3, -0.25) is 0 Å². The Morgan fingerprint density at radius 2 is 2.71 bits per heavy atom. The minimum atomic E-state index is -0.0833. The van der Waals surface area contributed by atoms with Crippen molar-refractivity contribution >= 4 is 0 Å². The van der Waals surface area contributed by atoms with E-state index in [1.165, 1.54) is 6.26 Å². The second-order valence-electron chi connectivity index (χ2n) is 1.08. The van der Waals surface area contributed by atoms with Crippen molar-refractivity contribution in [2.24, 2.45) is 0 Å². The predicted molar refractivity (Wildman–Crippen MR) is 20.5 cm³/mol. The van der Waals surface area contributed by atoms with Gasteiger partial charge in [0.05, 0.1) is 6.61 Å². The highest BCUT2D eigenvalue weighted by molar-refractivity contribution is 4.92. The average molecular weight is 103 g/mol. The number of hydrogen-bond donors (Lipinski definition) is 2. The zero-order chi connectivity index (χ0) is 5.11. The van der Waals surface area contributed by atoms with Gasteiger partial charge in [0.25, 0.3) is 0 Å². The molecule has 1 aliphatic heterocycles. The minimum Gasteiger partial charge on any atom is -0.390 e. The summed E-state index contributed by atoms with van der Waals surface area (Å²) in [5.41, 5.74) is 2.82. The Labute approximate surface area is 40.2 Å². The van der Waals surface area contributed by atoms with E-state index in [1.54, 1.807) is 0 Å². The molecule has 4 heteroatoms. The second kappa shape index (κ2) is 1.81. The molecule has 0 atom stereocenters. The molecule has 1 aliphatic rings. The molecule has 0 spiro atoms. The summed E-state index contributed by atoms with van der Waals surface area (Å²) in [6, 6.07) is 0. The Kier molecular flexibility index (Phi) is 1.14. The van der Waals surface area contributed by atoms with Gasteiger partial charge in [-0.1, -0.05) is 4.99 Å². The van der Waals surface area contributed by atoms with Gasteiger partial charge in [-0.15, -0.1) is 0 Å². The third-order valence-corrected chi connectivity index (χ3v) is 0.582. The summed E-state index contributed by atoms with van der Waals surface area (Å²) >= 11 is 0. The number of nitrogens with one attached hydrogen (secondary N) is 1. The van der Waals surface area contributed by atoms with Crippen molar-refractivity contribution < 1.29 is 15.0 Å². The molecule has 0 saturated carbocycles. The van der Waals surface area contributed by atoms with Crippen molar-refractivity contribution in [3.63, 3.8) is 0 Å². The quantitative estimate of drug-likeness (QED) is 0.430. The van der Waals surface area contributed by atoms with Crippen LogP contribution in [-0.4, -0.2) is 11.7 Å². The monoisotopic (exact) mass is 103 g/mol. The Bertz CT molecular complexity index is 90.2. The molecule has 1 rings (SSSR count). The van der Waals surface area contributed by atoms with E-state index < -0.39 is 0 Å². The number of aliphatic hydroxyl groups is 1. The van der Waals surface area contributed by atoms with Gasteiger partial charge >= 0.3 is 0 Å². The summed E-state index contributed by atoms with van der Waals surface area (Å²) in [4.78, 5) is 8.36. The molecule has 0 bridgehead atoms. The van der Waals surface area contributed by atoms with E-state index in [0.29, 0.717) is 5.70 Å². The van der Waals surface area contributed by atoms with Crippen LogP contribution in [0.3, 0.4) is 0 Å². The first kappa shape index (κ1) is 4.42. The molecule has 40 valence electrons. The lowest BCUT2D eigenvalue weighted by atomic mass is 10.5. The minimum absolute atomic E-state index is 0.0833. The lowest BCUT2D eigenvalue weighted by Gasteiger charge is -1.89. The molecule has 0 aromatic carbocycles. The Morgan fingerprint density at radius 1 is 1.86 bits per heavy atom. The van der Waals surface area contributed by atoms with E-state index in [4.69, 9.17) is 5.11 Å². The average Bonchev–Trinajstić information content (AvgIpc) is 2.14. The fraction of sp³-hybridized carbons (Fsp3) is 0.333. The van der Waals surface area contributed by atoms with Gasteiger partial charge in [-0.2, -0.15) is 0 Å². The van der Waals surface area contributed by atoms with Crippen molar-refractivity contribution in [2.75, 3.05) is 6.61 Å². The first-order chi connectivity index (χ1) is 3.43. The third kappa shape index (κ3) is 0.819. The highest BCUT2D eigenvalue weighted by atomic mass is 17.3. The van der Waals surface area contributed by atoms with Crippen molar-refractivity contribution in [3.05, 3.63) is 12.0 Å². The fourth-order valence-corrected chi connectivity index (χ4v) is 0.253. The molecule has 0 saturated heterocycles. The summed E-state index contributed by atoms with van der Waals surface area (Å²) in [5, 5.41) is 8.28. The maximum Gasteiger partial charge on any atom is 0.156 e. The van der Waals surface area contributed by atoms with Crippen LogP contribution in [0.2, 0.25) is 0 Å². The SMILES string of the molecule is OCC1=COON1. The maximum atomic E-state index is 8.28. The number of rotatable bonds is 1. The van der Waals surface area contributed by atoms with Crippen LogP contribution >= 0.6 is 0 Å². The van der Waals surface area contributed by atoms with Gasteiger partial charge in [-0.05, 0) is 0 Å². The zero-order valence-electron chi connectivity index (χ0n) is 3.55. The predicted octanol–water partition coefficient (Wildman–Crippen LogP) is -0.714. The molecule has 1 heterocycles. The number of hydroxylamine groups is 1. The fourth-order valence-electron chi connectivity index (χ4n) is 0.253. The molecule has 0 radical (unpaired) electrons. The van der Waals surface area contributed by atoms with Crippen LogP contribution in [-0.2, 0) is 9.88 Å². The van der Waals surface area contributed by atoms with E-state index >= 15 is 0 Å². The van der Waals surface area contributed by atoms with E-state index in [1.807, 2.05) is 0 Å². The Balaban J connectivity index is 2.36. The summed E-state index contributed by atoms with van der Waals surface area (Å²) in [7, 11) is 0. The van der Waals surface area contributed by atoms with Gasteiger partial charge in [0.15, 0.2) is 6.26 Å². The zero-order valence-corrected chi connectivity index (χ0v) is 3.55. The van der Waals surface area contributed by atoms with Crippen LogP contribution in [0.15, 0.2) is 12.0 Å².